The van der Waals surface area contributed by atoms with Crippen LogP contribution in [0.1, 0.15) is 235 Å². The van der Waals surface area contributed by atoms with Crippen molar-refractivity contribution in [1.29, 1.82) is 0 Å². The summed E-state index contributed by atoms with van der Waals surface area (Å²) in [5.74, 6) is 1.92. The molecule has 12 saturated carbocycles. The zero-order chi connectivity index (χ0) is 97.4. The van der Waals surface area contributed by atoms with Gasteiger partial charge in [0.1, 0.15) is 45.5 Å². The van der Waals surface area contributed by atoms with Crippen molar-refractivity contribution in [3.05, 3.63) is 144 Å². The van der Waals surface area contributed by atoms with Gasteiger partial charge in [-0.2, -0.15) is 0 Å². The second-order valence-electron chi connectivity index (χ2n) is 45.7. The molecule has 0 amide bonds. The van der Waals surface area contributed by atoms with Crippen LogP contribution in [-0.2, 0) is 64.6 Å². The SMILES string of the molecule is CC12CCC(=O)C=C1CCC1C2C(=O)CC2(C)C1CC[C@]2(O)C(=O)CSc1ccccn1.CC12CCC(=O)C=C1CCC1C2C(=O)CC2(C)C1CC[C@]2(O)C(=O)CSc1nc2ccccc2[nH]1.CC12CCC(=O)C=C1CCC1C2C(=O)CC2(C)C1CC[C@]2(O)C(=O)CSc1nc2ccccc2s1.Cn1c(SCC(=O)[C@@]2(O)CCC3C4CCC5=CC(=O)CCC5(C)C4C(=O)CC32C)nc2ccccc21. The molecule has 27 heteroatoms. The predicted molar refractivity (Wildman–Crippen MR) is 532 cm³/mol. The lowest BCUT2D eigenvalue weighted by Gasteiger charge is -2.57. The zero-order valence-corrected chi connectivity index (χ0v) is 84.7. The van der Waals surface area contributed by atoms with Crippen LogP contribution in [0.25, 0.3) is 32.3 Å². The van der Waals surface area contributed by atoms with Crippen LogP contribution < -0.4 is 0 Å². The number of nitrogens with zero attached hydrogens (tertiary/aromatic N) is 5. The van der Waals surface area contributed by atoms with Gasteiger partial charge in [0.15, 0.2) is 60.9 Å². The van der Waals surface area contributed by atoms with E-state index in [0.717, 1.165) is 172 Å². The fourth-order valence-corrected chi connectivity index (χ4v) is 36.7. The molecule has 138 heavy (non-hydrogen) atoms. The number of allylic oxidation sites excluding steroid dienone is 4. The summed E-state index contributed by atoms with van der Waals surface area (Å²) in [5.41, 5.74) is -0.845. The molecule has 0 radical (unpaired) electrons. The van der Waals surface area contributed by atoms with Crippen LogP contribution in [0, 0.1) is 114 Å². The number of pyridine rings is 1. The van der Waals surface area contributed by atoms with Gasteiger partial charge in [-0.1, -0.05) is 167 Å². The summed E-state index contributed by atoms with van der Waals surface area (Å²) in [4.78, 5) is 179. The number of hydrogen-bond acceptors (Lipinski definition) is 25. The number of thioether (sulfide) groups is 4. The van der Waals surface area contributed by atoms with Gasteiger partial charge in [0.05, 0.1) is 60.3 Å². The lowest BCUT2D eigenvalue weighted by molar-refractivity contribution is -0.168. The minimum Gasteiger partial charge on any atom is -0.381 e. The van der Waals surface area contributed by atoms with Crippen molar-refractivity contribution in [3.8, 4) is 0 Å². The summed E-state index contributed by atoms with van der Waals surface area (Å²) in [6.07, 6.45) is 26.2. The Balaban J connectivity index is 0.000000114. The van der Waals surface area contributed by atoms with E-state index in [4.69, 9.17) is 0 Å². The summed E-state index contributed by atoms with van der Waals surface area (Å²) in [6, 6.07) is 29.1. The number of ketones is 12. The lowest BCUT2D eigenvalue weighted by Crippen LogP contribution is -2.60. The number of H-pyrrole nitrogens is 1. The van der Waals surface area contributed by atoms with Crippen molar-refractivity contribution in [1.82, 2.24) is 29.5 Å². The van der Waals surface area contributed by atoms with Crippen LogP contribution in [0.2, 0.25) is 0 Å². The van der Waals surface area contributed by atoms with Crippen LogP contribution in [0.15, 0.2) is 163 Å². The van der Waals surface area contributed by atoms with Crippen LogP contribution in [0.5, 0.6) is 0 Å². The molecule has 0 saturated heterocycles. The number of aliphatic hydroxyl groups is 4. The Bertz CT molecular complexity index is 6150. The summed E-state index contributed by atoms with van der Waals surface area (Å²) in [6.45, 7) is 16.6. The number of aromatic amines is 1. The van der Waals surface area contributed by atoms with Crippen molar-refractivity contribution in [2.45, 2.75) is 277 Å². The molecule has 3 aromatic carbocycles. The summed E-state index contributed by atoms with van der Waals surface area (Å²) in [5, 5.41) is 49.6. The average Bonchev–Trinajstić information content (AvgIpc) is 1.52. The van der Waals surface area contributed by atoms with Crippen LogP contribution in [-0.4, -0.2) is 165 Å². The van der Waals surface area contributed by atoms with Gasteiger partial charge in [0.2, 0.25) is 0 Å². The first-order valence-electron chi connectivity index (χ1n) is 50.3. The Kier molecular flexibility index (Phi) is 25.2. The fraction of sp³-hybridized carbons (Fsp3) is 0.586. The highest BCUT2D eigenvalue weighted by atomic mass is 32.2. The Morgan fingerprint density at radius 2 is 0.732 bits per heavy atom. The molecule has 24 atom stereocenters. The molecule has 16 aliphatic carbocycles. The number of carbonyl (C=O) groups is 12. The summed E-state index contributed by atoms with van der Waals surface area (Å²) >= 11 is 6.97. The molecule has 0 aliphatic heterocycles. The highest BCUT2D eigenvalue weighted by Crippen LogP contribution is 2.73. The topological polar surface area (TPSA) is 358 Å². The van der Waals surface area contributed by atoms with Gasteiger partial charge in [0, 0.05) is 110 Å². The molecule has 22 nitrogen and oxygen atoms in total. The molecule has 7 aromatic rings. The number of carbonyl (C=O) groups excluding carboxylic acids is 12. The first-order chi connectivity index (χ1) is 65.6. The van der Waals surface area contributed by atoms with E-state index in [9.17, 15) is 78.0 Å². The second kappa shape index (κ2) is 35.7. The second-order valence-corrected chi connectivity index (χ2v) is 50.8. The Hall–Kier alpha value is -8.12. The van der Waals surface area contributed by atoms with Crippen molar-refractivity contribution in [3.63, 3.8) is 0 Å². The number of hydrogen-bond donors (Lipinski definition) is 5. The van der Waals surface area contributed by atoms with E-state index in [1.807, 2.05) is 130 Å². The number of Topliss-reactive ketones (excluding diaryl/α,β-unsaturated/α-hetero) is 8. The van der Waals surface area contributed by atoms with Gasteiger partial charge in [-0.05, 0) is 270 Å². The molecule has 5 N–H and O–H groups in total. The molecule has 23 rings (SSSR count). The normalized spacial score (nSPS) is 38.9. The molecule has 0 bridgehead atoms. The largest absolute Gasteiger partial charge is 0.381 e. The maximum Gasteiger partial charge on any atom is 0.175 e. The summed E-state index contributed by atoms with van der Waals surface area (Å²) in [7, 11) is 1.94. The van der Waals surface area contributed by atoms with E-state index in [1.54, 1.807) is 41.8 Å². The third kappa shape index (κ3) is 15.5. The van der Waals surface area contributed by atoms with E-state index in [1.165, 1.54) is 47.0 Å². The van der Waals surface area contributed by atoms with E-state index in [2.05, 4.69) is 52.6 Å². The Morgan fingerprint density at radius 3 is 1.11 bits per heavy atom. The minimum absolute atomic E-state index is 0.103. The molecular formula is C111H128N6O16S5. The van der Waals surface area contributed by atoms with Crippen molar-refractivity contribution < 1.29 is 78.0 Å². The van der Waals surface area contributed by atoms with Gasteiger partial charge in [-0.25, -0.2) is 19.9 Å². The smallest absolute Gasteiger partial charge is 0.175 e. The number of imidazole rings is 2. The van der Waals surface area contributed by atoms with Gasteiger partial charge in [0.25, 0.3) is 0 Å². The molecular weight excluding hydrogens is 1830 g/mol. The highest BCUT2D eigenvalue weighted by Gasteiger charge is 2.74. The predicted octanol–water partition coefficient (Wildman–Crippen LogP) is 18.9. The number of aromatic nitrogens is 6. The number of aryl methyl sites for hydroxylation is 1. The minimum atomic E-state index is -1.50. The molecule has 4 heterocycles. The maximum atomic E-state index is 13.8. The number of fused-ring (bicyclic) bond motifs is 23. The quantitative estimate of drug-likeness (QED) is 0.0561. The first kappa shape index (κ1) is 97.3. The molecule has 20 unspecified atom stereocenters. The highest BCUT2D eigenvalue weighted by molar-refractivity contribution is 8.01. The van der Waals surface area contributed by atoms with Gasteiger partial charge >= 0.3 is 0 Å². The van der Waals surface area contributed by atoms with Crippen LogP contribution in [0.3, 0.4) is 0 Å². The van der Waals surface area contributed by atoms with Crippen molar-refractivity contribution in [2.24, 2.45) is 121 Å². The van der Waals surface area contributed by atoms with Crippen molar-refractivity contribution >= 4 is 160 Å². The third-order valence-corrected chi connectivity index (χ3v) is 44.5. The molecule has 4 aromatic heterocycles. The van der Waals surface area contributed by atoms with Gasteiger partial charge in [-0.3, -0.25) is 57.5 Å². The molecule has 728 valence electrons. The number of benzene rings is 3. The first-order valence-corrected chi connectivity index (χ1v) is 55.1. The number of para-hydroxylation sites is 5. The molecule has 12 fully saturated rings. The fourth-order valence-electron chi connectivity index (χ4n) is 32.0. The standard InChI is InChI=1S/C29H34N2O4S.C28H32N2O4S.C28H31NO4S2.C26H31NO4S/c1-27-12-10-18(32)14-17(27)8-9-19-20-11-13-29(35,28(20,2)15-23(33)25(19)27)24(34)16-36-26-30-21-6-4-5-7-22(21)31(26)3;1-26-11-9-17(31)13-16(26)7-8-18-19-10-12-28(34,27(19,2)14-22(32)24(18)26)23(33)15-35-25-29-20-5-3-4-6-21(20)30-25;1-26-11-9-17(30)13-16(26)7-8-18-19-10-12-28(33,27(19,2)14-21(31)24(18)26)23(32)15-34-25-29-20-5-3-4-6-22(20)35-25;1-24-10-8-17(28)13-16(24)6-7-18-19-9-11-26(31,25(19,2)14-20(29)23(18)24)21(30)15-32-22-5-3-4-12-27-22/h4-7,14,19-20,25,35H,8-13,15-16H2,1-3H3;3-6,13,18-19,24,34H,7-12,14-15H2,1-2H3,(H,29,30);3-6,13,18-19,24,33H,7-12,14-15H2,1-2H3;3-5,12-13,18-19,23,31H,6-11,14-15H2,1-2H3/t19?,20?,25?,27?,28?,29-;2*18?,19?,24?,26?,27?,28-;18?,19?,23?,24?,25?,26-/m0000/s1. The monoisotopic (exact) mass is 1960 g/mol. The third-order valence-electron chi connectivity index (χ3n) is 39.4. The van der Waals surface area contributed by atoms with E-state index < -0.39 is 44.1 Å². The molecule has 16 aliphatic rings. The van der Waals surface area contributed by atoms with E-state index in [0.29, 0.717) is 56.5 Å². The number of rotatable bonds is 16. The maximum absolute atomic E-state index is 13.8. The number of thiazole rings is 1. The zero-order valence-electron chi connectivity index (χ0n) is 80.6. The van der Waals surface area contributed by atoms with Crippen LogP contribution in [0.4, 0.5) is 0 Å². The lowest BCUT2D eigenvalue weighted by atomic mass is 9.46. The average molecular weight is 1960 g/mol. The van der Waals surface area contributed by atoms with Gasteiger partial charge in [-0.15, -0.1) is 11.3 Å². The Morgan fingerprint density at radius 1 is 0.384 bits per heavy atom. The van der Waals surface area contributed by atoms with Crippen molar-refractivity contribution in [2.75, 3.05) is 23.0 Å². The van der Waals surface area contributed by atoms with Crippen LogP contribution >= 0.6 is 58.4 Å². The van der Waals surface area contributed by atoms with Gasteiger partial charge < -0.3 is 30.0 Å². The Labute approximate surface area is 827 Å². The summed E-state index contributed by atoms with van der Waals surface area (Å²) < 4.78 is 3.89. The molecule has 0 spiro atoms. The van der Waals surface area contributed by atoms with E-state index >= 15 is 0 Å². The number of nitrogens with one attached hydrogen (secondary N) is 1. The van der Waals surface area contributed by atoms with E-state index in [-0.39, 0.29) is 211 Å².